The fourth-order valence-electron chi connectivity index (χ4n) is 2.34. The molecule has 0 radical (unpaired) electrons. The van der Waals surface area contributed by atoms with Gasteiger partial charge in [0, 0.05) is 15.0 Å². The van der Waals surface area contributed by atoms with Gasteiger partial charge in [0.1, 0.15) is 10.9 Å². The van der Waals surface area contributed by atoms with E-state index in [1.807, 2.05) is 25.1 Å². The minimum absolute atomic E-state index is 0.186. The van der Waals surface area contributed by atoms with E-state index < -0.39 is 6.04 Å². The van der Waals surface area contributed by atoms with Crippen LogP contribution in [0.1, 0.15) is 24.8 Å². The second kappa shape index (κ2) is 6.86. The molecule has 1 aromatic carbocycles. The average Bonchev–Trinajstić information content (AvgIpc) is 3.01. The van der Waals surface area contributed by atoms with Crippen LogP contribution in [-0.2, 0) is 11.2 Å². The lowest BCUT2D eigenvalue weighted by Crippen LogP contribution is -2.31. The molecule has 3 rings (SSSR count). The van der Waals surface area contributed by atoms with Crippen molar-refractivity contribution in [1.82, 2.24) is 9.55 Å². The Balaban J connectivity index is 1.88. The Labute approximate surface area is 151 Å². The molecule has 0 aliphatic rings. The Morgan fingerprint density at radius 1 is 1.38 bits per heavy atom. The molecule has 124 valence electrons. The minimum atomic E-state index is -0.650. The number of aryl methyl sites for hydroxylation is 1. The zero-order valence-corrected chi connectivity index (χ0v) is 15.6. The second-order valence-corrected chi connectivity index (χ2v) is 7.45. The largest absolute Gasteiger partial charge is 0.324 e. The number of rotatable bonds is 4. The molecule has 2 heterocycles. The van der Waals surface area contributed by atoms with Gasteiger partial charge in [-0.25, -0.2) is 4.98 Å². The van der Waals surface area contributed by atoms with Gasteiger partial charge in [-0.2, -0.15) is 0 Å². The minimum Gasteiger partial charge on any atom is -0.324 e. The van der Waals surface area contributed by atoms with Gasteiger partial charge in [-0.15, -0.1) is 11.3 Å². The summed E-state index contributed by atoms with van der Waals surface area (Å²) in [5.41, 5.74) is 0.496. The van der Waals surface area contributed by atoms with Gasteiger partial charge < -0.3 is 5.32 Å². The molecule has 0 bridgehead atoms. The van der Waals surface area contributed by atoms with Crippen LogP contribution in [0.4, 0.5) is 5.69 Å². The number of benzene rings is 1. The third kappa shape index (κ3) is 3.27. The van der Waals surface area contributed by atoms with E-state index in [0.29, 0.717) is 15.9 Å². The summed E-state index contributed by atoms with van der Waals surface area (Å²) in [6.45, 7) is 3.73. The lowest BCUT2D eigenvalue weighted by Gasteiger charge is -2.14. The summed E-state index contributed by atoms with van der Waals surface area (Å²) >= 11 is 4.87. The van der Waals surface area contributed by atoms with Crippen LogP contribution in [0, 0.1) is 0 Å². The van der Waals surface area contributed by atoms with Crippen molar-refractivity contribution in [3.05, 3.63) is 56.4 Å². The summed E-state index contributed by atoms with van der Waals surface area (Å²) < 4.78 is 2.31. The molecular formula is C17H16BrN3O2S. The molecule has 5 nitrogen and oxygen atoms in total. The fourth-order valence-corrected chi connectivity index (χ4v) is 3.53. The molecule has 24 heavy (non-hydrogen) atoms. The molecule has 1 amide bonds. The summed E-state index contributed by atoms with van der Waals surface area (Å²) in [5.74, 6) is -0.258. The Kier molecular flexibility index (Phi) is 4.82. The van der Waals surface area contributed by atoms with Crippen molar-refractivity contribution in [1.29, 1.82) is 0 Å². The van der Waals surface area contributed by atoms with Gasteiger partial charge >= 0.3 is 0 Å². The highest BCUT2D eigenvalue weighted by Crippen LogP contribution is 2.22. The first-order chi connectivity index (χ1) is 11.5. The first-order valence-corrected chi connectivity index (χ1v) is 9.16. The summed E-state index contributed by atoms with van der Waals surface area (Å²) in [6.07, 6.45) is 2.31. The van der Waals surface area contributed by atoms with Crippen LogP contribution < -0.4 is 10.9 Å². The van der Waals surface area contributed by atoms with Crippen LogP contribution >= 0.6 is 27.3 Å². The molecule has 1 atom stereocenters. The molecule has 2 aromatic heterocycles. The second-order valence-electron chi connectivity index (χ2n) is 5.41. The smallest absolute Gasteiger partial charge is 0.262 e. The number of nitrogens with one attached hydrogen (secondary N) is 1. The molecular weight excluding hydrogens is 390 g/mol. The van der Waals surface area contributed by atoms with Crippen molar-refractivity contribution in [2.24, 2.45) is 0 Å². The van der Waals surface area contributed by atoms with Crippen molar-refractivity contribution in [2.45, 2.75) is 26.3 Å². The molecule has 0 aliphatic heterocycles. The van der Waals surface area contributed by atoms with Crippen molar-refractivity contribution in [3.63, 3.8) is 0 Å². The van der Waals surface area contributed by atoms with Crippen LogP contribution in [0.5, 0.6) is 0 Å². The summed E-state index contributed by atoms with van der Waals surface area (Å²) in [7, 11) is 0. The number of carbonyl (C=O) groups is 1. The summed E-state index contributed by atoms with van der Waals surface area (Å²) in [6, 6.07) is 8.50. The lowest BCUT2D eigenvalue weighted by molar-refractivity contribution is -0.118. The topological polar surface area (TPSA) is 64.0 Å². The van der Waals surface area contributed by atoms with Crippen LogP contribution in [0.3, 0.4) is 0 Å². The highest BCUT2D eigenvalue weighted by atomic mass is 79.9. The zero-order valence-electron chi connectivity index (χ0n) is 13.2. The van der Waals surface area contributed by atoms with Crippen LogP contribution in [-0.4, -0.2) is 15.5 Å². The van der Waals surface area contributed by atoms with E-state index in [-0.39, 0.29) is 11.5 Å². The Morgan fingerprint density at radius 3 is 2.75 bits per heavy atom. The van der Waals surface area contributed by atoms with Gasteiger partial charge in [0.25, 0.3) is 5.56 Å². The molecule has 0 saturated carbocycles. The normalized spacial score (nSPS) is 12.3. The maximum Gasteiger partial charge on any atom is 0.262 e. The number of hydrogen-bond donors (Lipinski definition) is 1. The monoisotopic (exact) mass is 405 g/mol. The number of aromatic nitrogens is 2. The highest BCUT2D eigenvalue weighted by Gasteiger charge is 2.18. The molecule has 7 heteroatoms. The maximum absolute atomic E-state index is 12.6. The highest BCUT2D eigenvalue weighted by molar-refractivity contribution is 9.10. The number of nitrogens with zero attached hydrogens (tertiary/aromatic N) is 2. The third-order valence-corrected chi connectivity index (χ3v) is 5.50. The quantitative estimate of drug-likeness (QED) is 0.713. The fraction of sp³-hybridized carbons (Fsp3) is 0.235. The predicted molar refractivity (Wildman–Crippen MR) is 101 cm³/mol. The number of carbonyl (C=O) groups excluding carboxylic acids is 1. The molecule has 0 saturated heterocycles. The number of halogens is 1. The Morgan fingerprint density at radius 2 is 2.08 bits per heavy atom. The maximum atomic E-state index is 12.6. The van der Waals surface area contributed by atoms with Gasteiger partial charge in [-0.05, 0) is 43.7 Å². The molecule has 0 aliphatic carbocycles. The standard InChI is InChI=1S/C17H16BrN3O2S/c1-3-13-8-14-16(24-13)19-9-21(17(14)23)10(2)15(22)20-12-6-4-11(18)5-7-12/h4-10H,3H2,1-2H3,(H,20,22). The lowest BCUT2D eigenvalue weighted by atomic mass is 10.2. The van der Waals surface area contributed by atoms with Crippen LogP contribution in [0.25, 0.3) is 10.2 Å². The van der Waals surface area contributed by atoms with Crippen LogP contribution in [0.15, 0.2) is 45.9 Å². The van der Waals surface area contributed by atoms with Gasteiger partial charge in [0.2, 0.25) is 5.91 Å². The van der Waals surface area contributed by atoms with Gasteiger partial charge in [0.15, 0.2) is 0 Å². The molecule has 0 spiro atoms. The number of thiophene rings is 1. The zero-order chi connectivity index (χ0) is 17.3. The van der Waals surface area contributed by atoms with Gasteiger partial charge in [-0.1, -0.05) is 22.9 Å². The van der Waals surface area contributed by atoms with Crippen molar-refractivity contribution < 1.29 is 4.79 Å². The SMILES string of the molecule is CCc1cc2c(=O)n(C(C)C(=O)Nc3ccc(Br)cc3)cnc2s1. The van der Waals surface area contributed by atoms with Crippen molar-refractivity contribution in [3.8, 4) is 0 Å². The molecule has 0 fully saturated rings. The predicted octanol–water partition coefficient (Wildman–Crippen LogP) is 3.98. The summed E-state index contributed by atoms with van der Waals surface area (Å²) in [4.78, 5) is 31.2. The Bertz CT molecular complexity index is 947. The number of hydrogen-bond acceptors (Lipinski definition) is 4. The van der Waals surface area contributed by atoms with E-state index in [0.717, 1.165) is 15.8 Å². The number of fused-ring (bicyclic) bond motifs is 1. The van der Waals surface area contributed by atoms with Crippen LogP contribution in [0.2, 0.25) is 0 Å². The first-order valence-electron chi connectivity index (χ1n) is 7.55. The Hall–Kier alpha value is -1.99. The molecule has 1 unspecified atom stereocenters. The summed E-state index contributed by atoms with van der Waals surface area (Å²) in [5, 5.41) is 3.39. The van der Waals surface area contributed by atoms with Gasteiger partial charge in [-0.3, -0.25) is 14.2 Å². The molecule has 3 aromatic rings. The third-order valence-electron chi connectivity index (χ3n) is 3.78. The van der Waals surface area contributed by atoms with Crippen molar-refractivity contribution >= 4 is 49.1 Å². The van der Waals surface area contributed by atoms with E-state index in [1.54, 1.807) is 19.1 Å². The average molecular weight is 406 g/mol. The number of amides is 1. The van der Waals surface area contributed by atoms with E-state index in [1.165, 1.54) is 22.2 Å². The van der Waals surface area contributed by atoms with E-state index in [4.69, 9.17) is 0 Å². The number of anilines is 1. The van der Waals surface area contributed by atoms with E-state index >= 15 is 0 Å². The first kappa shape index (κ1) is 16.9. The molecule has 1 N–H and O–H groups in total. The van der Waals surface area contributed by atoms with Crippen molar-refractivity contribution in [2.75, 3.05) is 5.32 Å². The van der Waals surface area contributed by atoms with E-state index in [2.05, 4.69) is 26.2 Å². The van der Waals surface area contributed by atoms with Gasteiger partial charge in [0.05, 0.1) is 11.7 Å². The van der Waals surface area contributed by atoms with E-state index in [9.17, 15) is 9.59 Å².